The van der Waals surface area contributed by atoms with E-state index in [1.807, 2.05) is 6.92 Å². The van der Waals surface area contributed by atoms with Crippen LogP contribution in [0.15, 0.2) is 29.2 Å². The molecule has 1 aromatic rings. The number of rotatable bonds is 3. The van der Waals surface area contributed by atoms with Crippen LogP contribution in [0.2, 0.25) is 0 Å². The number of hydrogen-bond acceptors (Lipinski definition) is 3. The fourth-order valence-electron chi connectivity index (χ4n) is 1.17. The fourth-order valence-corrected chi connectivity index (χ4v) is 1.73. The Bertz CT molecular complexity index is 497. The maximum atomic E-state index is 11.7. The molecule has 0 aromatic heterocycles. The maximum absolute atomic E-state index is 11.7. The summed E-state index contributed by atoms with van der Waals surface area (Å²) in [5, 5.41) is 4.98. The van der Waals surface area contributed by atoms with Crippen molar-refractivity contribution in [1.82, 2.24) is 4.90 Å². The van der Waals surface area contributed by atoms with Gasteiger partial charge in [-0.1, -0.05) is 6.07 Å². The molecule has 0 heterocycles. The first-order valence-electron chi connectivity index (χ1n) is 4.74. The second kappa shape index (κ2) is 4.63. The first-order valence-corrected chi connectivity index (χ1v) is 6.29. The van der Waals surface area contributed by atoms with Crippen molar-refractivity contribution in [1.29, 1.82) is 0 Å². The summed E-state index contributed by atoms with van der Waals surface area (Å²) in [6.45, 7) is 2.39. The van der Waals surface area contributed by atoms with Crippen molar-refractivity contribution in [2.45, 2.75) is 11.8 Å². The van der Waals surface area contributed by atoms with Crippen molar-refractivity contribution >= 4 is 15.9 Å². The first-order chi connectivity index (χ1) is 7.36. The number of carbonyl (C=O) groups is 1. The summed E-state index contributed by atoms with van der Waals surface area (Å²) in [6.07, 6.45) is 0. The Kier molecular flexibility index (Phi) is 3.66. The number of carbonyl (C=O) groups excluding carboxylic acids is 1. The largest absolute Gasteiger partial charge is 0.342 e. The molecule has 16 heavy (non-hydrogen) atoms. The van der Waals surface area contributed by atoms with Gasteiger partial charge in [-0.15, -0.1) is 0 Å². The highest BCUT2D eigenvalue weighted by Gasteiger charge is 2.13. The third-order valence-corrected chi connectivity index (χ3v) is 3.14. The molecule has 0 bridgehead atoms. The minimum atomic E-state index is -3.76. The highest BCUT2D eigenvalue weighted by atomic mass is 32.2. The van der Waals surface area contributed by atoms with E-state index in [1.165, 1.54) is 23.1 Å². The lowest BCUT2D eigenvalue weighted by Crippen LogP contribution is -2.26. The van der Waals surface area contributed by atoms with Gasteiger partial charge in [0.1, 0.15) is 0 Å². The lowest BCUT2D eigenvalue weighted by atomic mass is 10.2. The molecule has 1 aromatic carbocycles. The standard InChI is InChI=1S/C10H14N2O3S/c1-3-12(2)10(13)8-5-4-6-9(7-8)16(11,14)15/h4-7H,3H2,1-2H3,(H2,11,14,15). The van der Waals surface area contributed by atoms with Gasteiger partial charge >= 0.3 is 0 Å². The molecule has 0 radical (unpaired) electrons. The lowest BCUT2D eigenvalue weighted by molar-refractivity contribution is 0.0802. The van der Waals surface area contributed by atoms with Crippen LogP contribution in [-0.4, -0.2) is 32.8 Å². The molecule has 0 saturated heterocycles. The summed E-state index contributed by atoms with van der Waals surface area (Å²) in [5.41, 5.74) is 0.316. The molecular formula is C10H14N2O3S. The van der Waals surface area contributed by atoms with E-state index in [-0.39, 0.29) is 10.8 Å². The van der Waals surface area contributed by atoms with Gasteiger partial charge in [-0.3, -0.25) is 4.79 Å². The van der Waals surface area contributed by atoms with Crippen LogP contribution in [0.5, 0.6) is 0 Å². The van der Waals surface area contributed by atoms with Crippen molar-refractivity contribution in [3.63, 3.8) is 0 Å². The molecule has 1 rings (SSSR count). The van der Waals surface area contributed by atoms with Crippen LogP contribution in [-0.2, 0) is 10.0 Å². The van der Waals surface area contributed by atoms with Crippen LogP contribution in [0.25, 0.3) is 0 Å². The zero-order valence-electron chi connectivity index (χ0n) is 9.17. The van der Waals surface area contributed by atoms with E-state index in [9.17, 15) is 13.2 Å². The zero-order valence-corrected chi connectivity index (χ0v) is 9.99. The molecule has 0 unspecified atom stereocenters. The van der Waals surface area contributed by atoms with Crippen LogP contribution in [0.1, 0.15) is 17.3 Å². The quantitative estimate of drug-likeness (QED) is 0.834. The van der Waals surface area contributed by atoms with E-state index in [0.29, 0.717) is 12.1 Å². The van der Waals surface area contributed by atoms with Gasteiger partial charge in [-0.05, 0) is 25.1 Å². The predicted molar refractivity (Wildman–Crippen MR) is 60.4 cm³/mol. The van der Waals surface area contributed by atoms with Gasteiger partial charge in [0.05, 0.1) is 4.90 Å². The molecule has 0 atom stereocenters. The summed E-state index contributed by atoms with van der Waals surface area (Å²) in [7, 11) is -2.12. The molecule has 0 fully saturated rings. The number of benzene rings is 1. The second-order valence-corrected chi connectivity index (χ2v) is 4.95. The molecule has 1 amide bonds. The number of hydrogen-bond donors (Lipinski definition) is 1. The Labute approximate surface area is 94.9 Å². The van der Waals surface area contributed by atoms with E-state index in [2.05, 4.69) is 0 Å². The molecule has 0 spiro atoms. The topological polar surface area (TPSA) is 80.5 Å². The number of primary sulfonamides is 1. The highest BCUT2D eigenvalue weighted by Crippen LogP contribution is 2.11. The van der Waals surface area contributed by atoms with Crippen LogP contribution in [0, 0.1) is 0 Å². The Balaban J connectivity index is 3.14. The maximum Gasteiger partial charge on any atom is 0.253 e. The normalized spacial score (nSPS) is 11.2. The van der Waals surface area contributed by atoms with Gasteiger partial charge in [-0.2, -0.15) is 0 Å². The number of sulfonamides is 1. The van der Waals surface area contributed by atoms with E-state index in [0.717, 1.165) is 0 Å². The van der Waals surface area contributed by atoms with Crippen LogP contribution < -0.4 is 5.14 Å². The Morgan fingerprint density at radius 1 is 1.44 bits per heavy atom. The van der Waals surface area contributed by atoms with Gasteiger partial charge in [0.15, 0.2) is 0 Å². The summed E-state index contributed by atoms with van der Waals surface area (Å²) in [6, 6.07) is 5.70. The number of amides is 1. The fraction of sp³-hybridized carbons (Fsp3) is 0.300. The molecule has 0 saturated carbocycles. The minimum absolute atomic E-state index is 0.0529. The molecule has 88 valence electrons. The summed E-state index contributed by atoms with van der Waals surface area (Å²) < 4.78 is 22.2. The summed E-state index contributed by atoms with van der Waals surface area (Å²) >= 11 is 0. The molecule has 5 nitrogen and oxygen atoms in total. The molecule has 0 aliphatic carbocycles. The Morgan fingerprint density at radius 3 is 2.56 bits per heavy atom. The molecular weight excluding hydrogens is 228 g/mol. The van der Waals surface area contributed by atoms with Crippen molar-refractivity contribution in [2.24, 2.45) is 5.14 Å². The predicted octanol–water partition coefficient (Wildman–Crippen LogP) is 0.426. The summed E-state index contributed by atoms with van der Waals surface area (Å²) in [5.74, 6) is -0.229. The average Bonchev–Trinajstić information content (AvgIpc) is 2.26. The molecule has 6 heteroatoms. The van der Waals surface area contributed by atoms with Crippen molar-refractivity contribution in [3.05, 3.63) is 29.8 Å². The van der Waals surface area contributed by atoms with E-state index < -0.39 is 10.0 Å². The highest BCUT2D eigenvalue weighted by molar-refractivity contribution is 7.89. The van der Waals surface area contributed by atoms with Gasteiger partial charge in [0, 0.05) is 19.2 Å². The third-order valence-electron chi connectivity index (χ3n) is 2.23. The SMILES string of the molecule is CCN(C)C(=O)c1cccc(S(N)(=O)=O)c1. The van der Waals surface area contributed by atoms with Gasteiger partial charge in [0.2, 0.25) is 10.0 Å². The van der Waals surface area contributed by atoms with Crippen molar-refractivity contribution < 1.29 is 13.2 Å². The first kappa shape index (κ1) is 12.7. The molecule has 0 aliphatic rings. The lowest BCUT2D eigenvalue weighted by Gasteiger charge is -2.14. The average molecular weight is 242 g/mol. The summed E-state index contributed by atoms with van der Waals surface area (Å²) in [4.78, 5) is 13.2. The smallest absolute Gasteiger partial charge is 0.253 e. The van der Waals surface area contributed by atoms with Crippen LogP contribution >= 0.6 is 0 Å². The Morgan fingerprint density at radius 2 is 2.06 bits per heavy atom. The van der Waals surface area contributed by atoms with Crippen molar-refractivity contribution in [2.75, 3.05) is 13.6 Å². The number of nitrogens with two attached hydrogens (primary N) is 1. The minimum Gasteiger partial charge on any atom is -0.342 e. The Hall–Kier alpha value is -1.40. The van der Waals surface area contributed by atoms with E-state index in [4.69, 9.17) is 5.14 Å². The third kappa shape index (κ3) is 2.80. The second-order valence-electron chi connectivity index (χ2n) is 3.39. The van der Waals surface area contributed by atoms with E-state index in [1.54, 1.807) is 13.1 Å². The van der Waals surface area contributed by atoms with Crippen LogP contribution in [0.3, 0.4) is 0 Å². The number of nitrogens with zero attached hydrogens (tertiary/aromatic N) is 1. The van der Waals surface area contributed by atoms with E-state index >= 15 is 0 Å². The van der Waals surface area contributed by atoms with Gasteiger partial charge in [-0.25, -0.2) is 13.6 Å². The monoisotopic (exact) mass is 242 g/mol. The zero-order chi connectivity index (χ0) is 12.3. The van der Waals surface area contributed by atoms with Gasteiger partial charge < -0.3 is 4.90 Å². The van der Waals surface area contributed by atoms with Crippen LogP contribution in [0.4, 0.5) is 0 Å². The van der Waals surface area contributed by atoms with Gasteiger partial charge in [0.25, 0.3) is 5.91 Å². The van der Waals surface area contributed by atoms with Crippen molar-refractivity contribution in [3.8, 4) is 0 Å². The molecule has 0 aliphatic heterocycles. The molecule has 2 N–H and O–H groups in total.